The lowest BCUT2D eigenvalue weighted by atomic mass is 9.93. The molecule has 1 aromatic carbocycles. The van der Waals surface area contributed by atoms with Crippen LogP contribution in [0.3, 0.4) is 0 Å². The van der Waals surface area contributed by atoms with Crippen LogP contribution in [0.2, 0.25) is 0 Å². The van der Waals surface area contributed by atoms with Crippen LogP contribution in [-0.2, 0) is 12.6 Å². The van der Waals surface area contributed by atoms with Gasteiger partial charge in [0.1, 0.15) is 5.56 Å². The van der Waals surface area contributed by atoms with E-state index in [0.29, 0.717) is 25.0 Å². The van der Waals surface area contributed by atoms with Crippen LogP contribution in [0.1, 0.15) is 44.8 Å². The third kappa shape index (κ3) is 3.57. The Labute approximate surface area is 153 Å². The highest BCUT2D eigenvalue weighted by atomic mass is 79.9. The zero-order valence-electron chi connectivity index (χ0n) is 13.2. The largest absolute Gasteiger partial charge is 0.417 e. The molecule has 9 heteroatoms. The lowest BCUT2D eigenvalue weighted by Gasteiger charge is -2.15. The van der Waals surface area contributed by atoms with Gasteiger partial charge in [-0.1, -0.05) is 15.9 Å². The number of fused-ring (bicyclic) bond motifs is 1. The van der Waals surface area contributed by atoms with Gasteiger partial charge in [-0.05, 0) is 37.1 Å². The second kappa shape index (κ2) is 6.71. The third-order valence-electron chi connectivity index (χ3n) is 4.03. The summed E-state index contributed by atoms with van der Waals surface area (Å²) in [7, 11) is 0. The molecular weight excluding hydrogens is 417 g/mol. The maximum atomic E-state index is 12.9. The van der Waals surface area contributed by atoms with Crippen molar-refractivity contribution in [1.82, 2.24) is 4.98 Å². The fourth-order valence-electron chi connectivity index (χ4n) is 2.76. The summed E-state index contributed by atoms with van der Waals surface area (Å²) >= 11 is 2.81. The van der Waals surface area contributed by atoms with Gasteiger partial charge in [-0.25, -0.2) is 0 Å². The second-order valence-electron chi connectivity index (χ2n) is 5.83. The smallest absolute Gasteiger partial charge is 0.325 e. The summed E-state index contributed by atoms with van der Waals surface area (Å²) in [5, 5.41) is 2.27. The highest BCUT2D eigenvalue weighted by Crippen LogP contribution is 2.36. The number of amides is 1. The van der Waals surface area contributed by atoms with E-state index in [4.69, 9.17) is 0 Å². The lowest BCUT2D eigenvalue weighted by Crippen LogP contribution is -2.27. The quantitative estimate of drug-likeness (QED) is 0.760. The molecule has 1 aromatic heterocycles. The predicted molar refractivity (Wildman–Crippen MR) is 91.4 cm³/mol. The van der Waals surface area contributed by atoms with Gasteiger partial charge < -0.3 is 10.3 Å². The summed E-state index contributed by atoms with van der Waals surface area (Å²) in [6.45, 7) is 0. The van der Waals surface area contributed by atoms with Crippen LogP contribution in [0.15, 0.2) is 33.5 Å². The van der Waals surface area contributed by atoms with Gasteiger partial charge >= 0.3 is 6.18 Å². The van der Waals surface area contributed by atoms with Crippen molar-refractivity contribution in [3.05, 3.63) is 61.5 Å². The molecule has 3 rings (SSSR count). The first-order valence-electron chi connectivity index (χ1n) is 7.64. The molecule has 26 heavy (non-hydrogen) atoms. The number of aromatic amines is 1. The van der Waals surface area contributed by atoms with Gasteiger partial charge in [0.05, 0.1) is 5.56 Å². The molecule has 0 spiro atoms. The number of halogens is 4. The number of pyridine rings is 1. The van der Waals surface area contributed by atoms with E-state index in [0.717, 1.165) is 12.1 Å². The van der Waals surface area contributed by atoms with E-state index in [9.17, 15) is 27.6 Å². The Kier molecular flexibility index (Phi) is 4.74. The maximum absolute atomic E-state index is 12.9. The number of aryl methyl sites for hydroxylation is 1. The number of carbonyl (C=O) groups is 2. The molecule has 1 aliphatic rings. The summed E-state index contributed by atoms with van der Waals surface area (Å²) in [5.41, 5.74) is -1.34. The number of hydrogen-bond acceptors (Lipinski definition) is 3. The Morgan fingerprint density at radius 1 is 1.15 bits per heavy atom. The fraction of sp³-hybridized carbons (Fsp3) is 0.235. The van der Waals surface area contributed by atoms with Crippen LogP contribution >= 0.6 is 15.9 Å². The molecule has 5 nitrogen and oxygen atoms in total. The molecule has 0 bridgehead atoms. The van der Waals surface area contributed by atoms with E-state index in [-0.39, 0.29) is 27.1 Å². The van der Waals surface area contributed by atoms with Crippen molar-refractivity contribution >= 4 is 33.3 Å². The van der Waals surface area contributed by atoms with E-state index in [1.807, 2.05) is 0 Å². The van der Waals surface area contributed by atoms with Gasteiger partial charge in [-0.2, -0.15) is 13.2 Å². The monoisotopic (exact) mass is 428 g/mol. The second-order valence-corrected chi connectivity index (χ2v) is 6.68. The van der Waals surface area contributed by atoms with Crippen LogP contribution in [-0.4, -0.2) is 16.7 Å². The molecular formula is C17H12BrF3N2O3. The molecule has 1 heterocycles. The first kappa shape index (κ1) is 18.4. The Morgan fingerprint density at radius 3 is 2.58 bits per heavy atom. The van der Waals surface area contributed by atoms with Gasteiger partial charge in [0.25, 0.3) is 11.5 Å². The van der Waals surface area contributed by atoms with Gasteiger partial charge in [-0.15, -0.1) is 0 Å². The summed E-state index contributed by atoms with van der Waals surface area (Å²) in [4.78, 5) is 38.9. The summed E-state index contributed by atoms with van der Waals surface area (Å²) in [6.07, 6.45) is -3.14. The van der Waals surface area contributed by atoms with E-state index in [1.54, 1.807) is 0 Å². The summed E-state index contributed by atoms with van der Waals surface area (Å²) < 4.78 is 38.7. The number of rotatable bonds is 2. The summed E-state index contributed by atoms with van der Waals surface area (Å²) in [5.74, 6) is -1.07. The minimum atomic E-state index is -4.60. The molecule has 0 aliphatic heterocycles. The number of Topliss-reactive ketones (excluding diaryl/α,β-unsaturated/α-hetero) is 1. The SMILES string of the molecule is O=C1CCCc2[nH]c(=O)c(C(=O)Nc3ccc(Br)c(C(F)(F)F)c3)cc21. The molecule has 0 atom stereocenters. The molecule has 1 aliphatic carbocycles. The summed E-state index contributed by atoms with van der Waals surface area (Å²) in [6, 6.07) is 4.39. The van der Waals surface area contributed by atoms with Gasteiger partial charge in [-0.3, -0.25) is 14.4 Å². The highest BCUT2D eigenvalue weighted by Gasteiger charge is 2.33. The van der Waals surface area contributed by atoms with E-state index >= 15 is 0 Å². The van der Waals surface area contributed by atoms with Crippen molar-refractivity contribution in [3.8, 4) is 0 Å². The number of nitrogens with one attached hydrogen (secondary N) is 2. The lowest BCUT2D eigenvalue weighted by molar-refractivity contribution is -0.138. The Balaban J connectivity index is 1.93. The van der Waals surface area contributed by atoms with Crippen LogP contribution in [0, 0.1) is 0 Å². The molecule has 0 radical (unpaired) electrons. The topological polar surface area (TPSA) is 79.0 Å². The molecule has 0 saturated carbocycles. The van der Waals surface area contributed by atoms with Gasteiger partial charge in [0.2, 0.25) is 0 Å². The molecule has 136 valence electrons. The van der Waals surface area contributed by atoms with Crippen LogP contribution in [0.4, 0.5) is 18.9 Å². The molecule has 2 aromatic rings. The fourth-order valence-corrected chi connectivity index (χ4v) is 3.23. The maximum Gasteiger partial charge on any atom is 0.417 e. The number of anilines is 1. The standard InChI is InChI=1S/C17H12BrF3N2O3/c18-12-5-4-8(6-11(12)17(19,20)21)22-15(25)10-7-9-13(23-16(10)26)2-1-3-14(9)24/h4-7H,1-3H2,(H,22,25)(H,23,26). The van der Waals surface area contributed by atoms with Crippen molar-refractivity contribution < 1.29 is 22.8 Å². The number of aromatic nitrogens is 1. The van der Waals surface area contributed by atoms with Crippen molar-refractivity contribution in [2.45, 2.75) is 25.4 Å². The zero-order valence-corrected chi connectivity index (χ0v) is 14.8. The molecule has 0 saturated heterocycles. The predicted octanol–water partition coefficient (Wildman–Crippen LogP) is 3.93. The normalized spacial score (nSPS) is 14.1. The number of carbonyl (C=O) groups excluding carboxylic acids is 2. The number of H-pyrrole nitrogens is 1. The number of benzene rings is 1. The average Bonchev–Trinajstić information content (AvgIpc) is 2.55. The van der Waals surface area contributed by atoms with Crippen molar-refractivity contribution in [1.29, 1.82) is 0 Å². The Morgan fingerprint density at radius 2 is 1.88 bits per heavy atom. The zero-order chi connectivity index (χ0) is 19.1. The Bertz CT molecular complexity index is 967. The average molecular weight is 429 g/mol. The van der Waals surface area contributed by atoms with Gasteiger partial charge in [0, 0.05) is 27.8 Å². The molecule has 1 amide bonds. The highest BCUT2D eigenvalue weighted by molar-refractivity contribution is 9.10. The van der Waals surface area contributed by atoms with Gasteiger partial charge in [0.15, 0.2) is 5.78 Å². The number of ketones is 1. The van der Waals surface area contributed by atoms with Crippen molar-refractivity contribution in [3.63, 3.8) is 0 Å². The molecule has 0 fully saturated rings. The molecule has 2 N–H and O–H groups in total. The van der Waals surface area contributed by atoms with E-state index in [1.165, 1.54) is 12.1 Å². The number of hydrogen-bond donors (Lipinski definition) is 2. The van der Waals surface area contributed by atoms with E-state index in [2.05, 4.69) is 26.2 Å². The third-order valence-corrected chi connectivity index (χ3v) is 4.72. The van der Waals surface area contributed by atoms with Crippen molar-refractivity contribution in [2.75, 3.05) is 5.32 Å². The van der Waals surface area contributed by atoms with Crippen molar-refractivity contribution in [2.24, 2.45) is 0 Å². The van der Waals surface area contributed by atoms with Crippen LogP contribution in [0.5, 0.6) is 0 Å². The number of alkyl halides is 3. The first-order valence-corrected chi connectivity index (χ1v) is 8.43. The van der Waals surface area contributed by atoms with Crippen LogP contribution < -0.4 is 10.9 Å². The first-order chi connectivity index (χ1) is 12.2. The molecule has 0 unspecified atom stereocenters. The minimum Gasteiger partial charge on any atom is -0.325 e. The van der Waals surface area contributed by atoms with Crippen LogP contribution in [0.25, 0.3) is 0 Å². The van der Waals surface area contributed by atoms with E-state index < -0.39 is 23.2 Å². The Hall–Kier alpha value is -2.42. The minimum absolute atomic E-state index is 0.117.